The molecule has 1 heterocycles. The summed E-state index contributed by atoms with van der Waals surface area (Å²) in [5.74, 6) is -0.742. The van der Waals surface area contributed by atoms with E-state index < -0.39 is 5.82 Å². The highest BCUT2D eigenvalue weighted by atomic mass is 19.1. The topological polar surface area (TPSA) is 82.9 Å². The van der Waals surface area contributed by atoms with Gasteiger partial charge in [-0.05, 0) is 91.7 Å². The Labute approximate surface area is 210 Å². The molecule has 1 amide bonds. The van der Waals surface area contributed by atoms with E-state index in [1.165, 1.54) is 57.6 Å². The summed E-state index contributed by atoms with van der Waals surface area (Å²) in [6.07, 6.45) is 7.55. The van der Waals surface area contributed by atoms with Gasteiger partial charge in [0.2, 0.25) is 5.91 Å². The second-order valence-electron chi connectivity index (χ2n) is 9.44. The Kier molecular flexibility index (Phi) is 6.87. The first-order valence-corrected chi connectivity index (χ1v) is 12.4. The van der Waals surface area contributed by atoms with Crippen LogP contribution < -0.4 is 16.4 Å². The number of nitrogens with two attached hydrogens (primary N) is 1. The van der Waals surface area contributed by atoms with Gasteiger partial charge < -0.3 is 21.4 Å². The van der Waals surface area contributed by atoms with E-state index in [-0.39, 0.29) is 11.6 Å². The van der Waals surface area contributed by atoms with Gasteiger partial charge in [0.15, 0.2) is 0 Å². The van der Waals surface area contributed by atoms with Crippen LogP contribution in [0.25, 0.3) is 17.0 Å². The molecule has 6 heteroatoms. The Morgan fingerprint density at radius 3 is 2.89 bits per heavy atom. The summed E-state index contributed by atoms with van der Waals surface area (Å²) in [6, 6.07) is 19.1. The number of carbonyl (C=O) groups excluding carboxylic acids is 1. The van der Waals surface area contributed by atoms with E-state index in [1.807, 2.05) is 0 Å². The second kappa shape index (κ2) is 10.4. The maximum absolute atomic E-state index is 13.2. The van der Waals surface area contributed by atoms with E-state index in [2.05, 4.69) is 65.0 Å². The van der Waals surface area contributed by atoms with E-state index in [0.29, 0.717) is 11.7 Å². The average Bonchev–Trinajstić information content (AvgIpc) is 3.19. The van der Waals surface area contributed by atoms with Crippen molar-refractivity contribution in [3.05, 3.63) is 101 Å². The van der Waals surface area contributed by atoms with Crippen molar-refractivity contribution in [2.45, 2.75) is 38.6 Å². The molecule has 0 aliphatic heterocycles. The lowest BCUT2D eigenvalue weighted by atomic mass is 9.86. The van der Waals surface area contributed by atoms with Crippen molar-refractivity contribution in [3.8, 4) is 0 Å². The molecule has 0 radical (unpaired) electrons. The van der Waals surface area contributed by atoms with Gasteiger partial charge in [-0.2, -0.15) is 0 Å². The molecule has 5 nitrogen and oxygen atoms in total. The van der Waals surface area contributed by atoms with Gasteiger partial charge in [0, 0.05) is 28.7 Å². The van der Waals surface area contributed by atoms with Crippen molar-refractivity contribution in [2.75, 3.05) is 17.6 Å². The Balaban J connectivity index is 1.21. The van der Waals surface area contributed by atoms with Crippen molar-refractivity contribution in [3.63, 3.8) is 0 Å². The van der Waals surface area contributed by atoms with Crippen LogP contribution in [0.3, 0.4) is 0 Å². The molecular formula is C30H31FN4O. The van der Waals surface area contributed by atoms with E-state index in [0.717, 1.165) is 37.8 Å². The molecule has 0 spiro atoms. The monoisotopic (exact) mass is 482 g/mol. The lowest BCUT2D eigenvalue weighted by Crippen LogP contribution is -2.27. The van der Waals surface area contributed by atoms with Crippen molar-refractivity contribution in [2.24, 2.45) is 0 Å². The number of carbonyl (C=O) groups is 1. The highest BCUT2D eigenvalue weighted by Crippen LogP contribution is 2.31. The number of aromatic nitrogens is 1. The third-order valence-corrected chi connectivity index (χ3v) is 6.97. The van der Waals surface area contributed by atoms with Crippen LogP contribution in [0.2, 0.25) is 0 Å². The highest BCUT2D eigenvalue weighted by molar-refractivity contribution is 6.03. The first-order chi connectivity index (χ1) is 17.5. The van der Waals surface area contributed by atoms with Gasteiger partial charge in [-0.25, -0.2) is 4.39 Å². The van der Waals surface area contributed by atoms with Crippen molar-refractivity contribution in [1.82, 2.24) is 10.3 Å². The molecule has 4 aromatic rings. The molecule has 36 heavy (non-hydrogen) atoms. The van der Waals surface area contributed by atoms with Crippen molar-refractivity contribution >= 4 is 34.3 Å². The van der Waals surface area contributed by atoms with E-state index >= 15 is 0 Å². The molecule has 1 atom stereocenters. The van der Waals surface area contributed by atoms with Crippen LogP contribution in [-0.4, -0.2) is 17.4 Å². The van der Waals surface area contributed by atoms with E-state index in [9.17, 15) is 9.18 Å². The average molecular weight is 483 g/mol. The second-order valence-corrected chi connectivity index (χ2v) is 9.44. The predicted molar refractivity (Wildman–Crippen MR) is 145 cm³/mol. The lowest BCUT2D eigenvalue weighted by molar-refractivity contribution is -0.111. The standard InChI is InChI=1S/C30H31FN4O/c1-19-23(25-6-2-3-7-28(25)34-19)15-16-33-27-8-4-5-21-17-20(9-12-24(21)27)10-14-30(36)35-29-13-11-22(31)18-26(29)32/h2-3,6-7,9-14,17-18,27,33-34H,4-5,8,15-16,32H2,1H3,(H,35,36)/b14-10+. The van der Waals surface area contributed by atoms with Crippen molar-refractivity contribution in [1.29, 1.82) is 0 Å². The van der Waals surface area contributed by atoms with Gasteiger partial charge >= 0.3 is 0 Å². The van der Waals surface area contributed by atoms with E-state index in [4.69, 9.17) is 5.73 Å². The molecule has 0 saturated carbocycles. The molecule has 0 bridgehead atoms. The fraction of sp³-hybridized carbons (Fsp3) is 0.233. The van der Waals surface area contributed by atoms with Crippen LogP contribution in [0.1, 0.15) is 46.8 Å². The van der Waals surface area contributed by atoms with Crippen LogP contribution in [0.5, 0.6) is 0 Å². The van der Waals surface area contributed by atoms with Crippen LogP contribution in [0.15, 0.2) is 66.7 Å². The van der Waals surface area contributed by atoms with Gasteiger partial charge in [0.05, 0.1) is 11.4 Å². The minimum absolute atomic E-state index is 0.198. The number of rotatable bonds is 7. The predicted octanol–water partition coefficient (Wildman–Crippen LogP) is 6.06. The van der Waals surface area contributed by atoms with Crippen LogP contribution in [0.4, 0.5) is 15.8 Å². The SMILES string of the molecule is Cc1[nH]c2ccccc2c1CCNC1CCCc2cc(/C=C/C(=O)Nc3ccc(F)cc3N)ccc21. The largest absolute Gasteiger partial charge is 0.397 e. The molecular weight excluding hydrogens is 451 g/mol. The lowest BCUT2D eigenvalue weighted by Gasteiger charge is -2.27. The van der Waals surface area contributed by atoms with Crippen LogP contribution in [-0.2, 0) is 17.6 Å². The smallest absolute Gasteiger partial charge is 0.248 e. The maximum Gasteiger partial charge on any atom is 0.248 e. The molecule has 3 aromatic carbocycles. The number of aryl methyl sites for hydroxylation is 2. The molecule has 5 rings (SSSR count). The van der Waals surface area contributed by atoms with Crippen LogP contribution in [0, 0.1) is 12.7 Å². The normalized spacial score (nSPS) is 15.3. The number of H-pyrrole nitrogens is 1. The fourth-order valence-corrected chi connectivity index (χ4v) is 5.17. The van der Waals surface area contributed by atoms with Crippen molar-refractivity contribution < 1.29 is 9.18 Å². The summed E-state index contributed by atoms with van der Waals surface area (Å²) >= 11 is 0. The third-order valence-electron chi connectivity index (χ3n) is 6.97. The van der Waals surface area contributed by atoms with Crippen LogP contribution >= 0.6 is 0 Å². The number of halogens is 1. The number of nitrogens with one attached hydrogen (secondary N) is 3. The summed E-state index contributed by atoms with van der Waals surface area (Å²) in [6.45, 7) is 3.07. The zero-order valence-corrected chi connectivity index (χ0v) is 20.4. The Morgan fingerprint density at radius 1 is 1.17 bits per heavy atom. The summed E-state index contributed by atoms with van der Waals surface area (Å²) in [5.41, 5.74) is 13.8. The van der Waals surface area contributed by atoms with Gasteiger partial charge in [0.1, 0.15) is 5.82 Å². The van der Waals surface area contributed by atoms with Gasteiger partial charge in [-0.15, -0.1) is 0 Å². The molecule has 1 aromatic heterocycles. The van der Waals surface area contributed by atoms with Gasteiger partial charge in [-0.1, -0.05) is 36.4 Å². The number of amides is 1. The van der Waals surface area contributed by atoms with E-state index in [1.54, 1.807) is 6.08 Å². The summed E-state index contributed by atoms with van der Waals surface area (Å²) in [5, 5.41) is 7.79. The van der Waals surface area contributed by atoms with Gasteiger partial charge in [0.25, 0.3) is 0 Å². The Morgan fingerprint density at radius 2 is 2.03 bits per heavy atom. The summed E-state index contributed by atoms with van der Waals surface area (Å²) < 4.78 is 13.2. The van der Waals surface area contributed by atoms with Gasteiger partial charge in [-0.3, -0.25) is 4.79 Å². The highest BCUT2D eigenvalue weighted by Gasteiger charge is 2.20. The zero-order chi connectivity index (χ0) is 25.1. The molecule has 1 unspecified atom stereocenters. The first-order valence-electron chi connectivity index (χ1n) is 12.4. The molecule has 184 valence electrons. The zero-order valence-electron chi connectivity index (χ0n) is 20.4. The molecule has 0 saturated heterocycles. The number of aromatic amines is 1. The number of nitrogen functional groups attached to an aromatic ring is 1. The quantitative estimate of drug-likeness (QED) is 0.191. The Hall–Kier alpha value is -3.90. The number of hydrogen-bond acceptors (Lipinski definition) is 3. The molecule has 1 aliphatic carbocycles. The summed E-state index contributed by atoms with van der Waals surface area (Å²) in [4.78, 5) is 15.8. The summed E-state index contributed by atoms with van der Waals surface area (Å²) in [7, 11) is 0. The maximum atomic E-state index is 13.2. The molecule has 5 N–H and O–H groups in total. The number of benzene rings is 3. The minimum atomic E-state index is -0.434. The third kappa shape index (κ3) is 5.19. The fourth-order valence-electron chi connectivity index (χ4n) is 5.17. The molecule has 0 fully saturated rings. The number of hydrogen-bond donors (Lipinski definition) is 4. The minimum Gasteiger partial charge on any atom is -0.397 e. The first kappa shape index (κ1) is 23.8. The number of para-hydroxylation sites is 1. The Bertz CT molecular complexity index is 1440. The number of anilines is 2. The molecule has 1 aliphatic rings. The number of fused-ring (bicyclic) bond motifs is 2.